The first-order valence-corrected chi connectivity index (χ1v) is 23.8. The second-order valence-corrected chi connectivity index (χ2v) is 20.4. The van der Waals surface area contributed by atoms with Crippen LogP contribution in [0.5, 0.6) is 0 Å². The van der Waals surface area contributed by atoms with Crippen molar-refractivity contribution in [3.8, 4) is 0 Å². The molecule has 3 saturated carbocycles. The van der Waals surface area contributed by atoms with Crippen LogP contribution in [0.3, 0.4) is 0 Å². The van der Waals surface area contributed by atoms with Crippen LogP contribution in [-0.4, -0.2) is 66.0 Å². The van der Waals surface area contributed by atoms with Crippen molar-refractivity contribution in [3.05, 3.63) is 11.6 Å². The lowest BCUT2D eigenvalue weighted by molar-refractivity contribution is -0.123. The highest BCUT2D eigenvalue weighted by Gasteiger charge is 2.59. The zero-order valence-corrected chi connectivity index (χ0v) is 35.6. The van der Waals surface area contributed by atoms with Crippen molar-refractivity contribution in [3.63, 3.8) is 0 Å². The molecule has 4 aliphatic carbocycles. The Balaban J connectivity index is 0.802. The molecule has 55 heavy (non-hydrogen) atoms. The van der Waals surface area contributed by atoms with Gasteiger partial charge >= 0.3 is 6.03 Å². The van der Waals surface area contributed by atoms with Gasteiger partial charge in [-0.1, -0.05) is 77.9 Å². The lowest BCUT2D eigenvalue weighted by Gasteiger charge is -2.58. The second-order valence-electron chi connectivity index (χ2n) is 19.1. The van der Waals surface area contributed by atoms with Crippen molar-refractivity contribution in [2.75, 3.05) is 18.8 Å². The summed E-state index contributed by atoms with van der Waals surface area (Å²) in [5.74, 6) is 5.34. The summed E-state index contributed by atoms with van der Waals surface area (Å²) >= 11 is 1.91. The number of amides is 5. The first-order chi connectivity index (χ1) is 26.5. The molecule has 6 rings (SSSR count). The fourth-order valence-electron chi connectivity index (χ4n) is 12.6. The van der Waals surface area contributed by atoms with Crippen molar-refractivity contribution < 1.29 is 19.2 Å². The summed E-state index contributed by atoms with van der Waals surface area (Å²) < 4.78 is 0. The van der Waals surface area contributed by atoms with Gasteiger partial charge in [-0.2, -0.15) is 11.8 Å². The van der Waals surface area contributed by atoms with Gasteiger partial charge < -0.3 is 26.6 Å². The molecule has 2 aliphatic heterocycles. The normalized spacial score (nSPS) is 35.3. The maximum Gasteiger partial charge on any atom is 0.315 e. The Kier molecular flexibility index (Phi) is 15.0. The first-order valence-electron chi connectivity index (χ1n) is 22.7. The molecule has 5 N–H and O–H groups in total. The van der Waals surface area contributed by atoms with Crippen LogP contribution in [0.15, 0.2) is 11.6 Å². The largest absolute Gasteiger partial charge is 0.356 e. The standard InChI is InChI=1S/C45H75N5O4S/c1-5-6-8-13-30(2)34-19-20-35-33-18-17-31-28-32(21-24-44(31,3)36(33)22-25-45(34,35)4)48-41(53)23-27-47-40(52)15-9-7-12-26-46-39(51)16-11-10-14-38-42-37(29-55-38)49-43(54)50-42/h17,30,32-38,42H,5-16,18-29H2,1-4H3,(H,46,51)(H,47,52)(H,48,53)(H2,49,50,54)/t30-,32+,33-,34?,35?,36?,37+,38+,42+,44?,45?/m1/s1. The first kappa shape index (κ1) is 42.4. The van der Waals surface area contributed by atoms with Crippen molar-refractivity contribution in [2.45, 2.75) is 186 Å². The van der Waals surface area contributed by atoms with Crippen LogP contribution in [-0.2, 0) is 14.4 Å². The van der Waals surface area contributed by atoms with Gasteiger partial charge in [-0.25, -0.2) is 4.79 Å². The van der Waals surface area contributed by atoms with Crippen LogP contribution in [0, 0.1) is 40.4 Å². The van der Waals surface area contributed by atoms with E-state index < -0.39 is 0 Å². The number of carbonyl (C=O) groups excluding carboxylic acids is 4. The molecule has 5 amide bonds. The summed E-state index contributed by atoms with van der Waals surface area (Å²) in [6.45, 7) is 11.1. The van der Waals surface area contributed by atoms with Crippen LogP contribution < -0.4 is 26.6 Å². The topological polar surface area (TPSA) is 128 Å². The van der Waals surface area contributed by atoms with E-state index in [-0.39, 0.29) is 47.3 Å². The highest BCUT2D eigenvalue weighted by Crippen LogP contribution is 2.67. The molecule has 0 aromatic rings. The molecule has 10 heteroatoms. The number of hydrogen-bond acceptors (Lipinski definition) is 5. The summed E-state index contributed by atoms with van der Waals surface area (Å²) in [6, 6.07) is 0.620. The van der Waals surface area contributed by atoms with E-state index in [2.05, 4.69) is 60.4 Å². The minimum atomic E-state index is -0.0537. The van der Waals surface area contributed by atoms with E-state index in [1.54, 1.807) is 5.57 Å². The predicted molar refractivity (Wildman–Crippen MR) is 223 cm³/mol. The zero-order chi connectivity index (χ0) is 39.0. The molecule has 9 nitrogen and oxygen atoms in total. The Morgan fingerprint density at radius 2 is 1.64 bits per heavy atom. The monoisotopic (exact) mass is 782 g/mol. The number of thioether (sulfide) groups is 1. The quantitative estimate of drug-likeness (QED) is 0.0484. The Morgan fingerprint density at radius 3 is 2.44 bits per heavy atom. The minimum absolute atomic E-state index is 0.00463. The zero-order valence-electron chi connectivity index (χ0n) is 34.8. The minimum Gasteiger partial charge on any atom is -0.356 e. The summed E-state index contributed by atoms with van der Waals surface area (Å²) in [4.78, 5) is 49.2. The van der Waals surface area contributed by atoms with Crippen molar-refractivity contribution >= 4 is 35.5 Å². The Hall–Kier alpha value is -2.23. The number of carbonyl (C=O) groups is 4. The van der Waals surface area contributed by atoms with Gasteiger partial charge in [0.2, 0.25) is 17.7 Å². The number of allylic oxidation sites excluding steroid dienone is 1. The van der Waals surface area contributed by atoms with Gasteiger partial charge in [0.15, 0.2) is 0 Å². The second kappa shape index (κ2) is 19.5. The fraction of sp³-hybridized carbons (Fsp3) is 0.867. The number of unbranched alkanes of at least 4 members (excludes halogenated alkanes) is 5. The van der Waals surface area contributed by atoms with Gasteiger partial charge in [0.1, 0.15) is 0 Å². The molecule has 0 bridgehead atoms. The van der Waals surface area contributed by atoms with Crippen LogP contribution in [0.25, 0.3) is 0 Å². The lowest BCUT2D eigenvalue weighted by atomic mass is 9.47. The SMILES string of the molecule is CCCCC[C@@H](C)C1CCC2[C@H]3CC=C4C[C@@H](NC(=O)CCNC(=O)CCCCCNC(=O)CCCC[C@@H]5SC[C@@H]6NC(=O)N[C@@H]65)CCC4(C)C3CCC21C. The molecule has 0 aromatic heterocycles. The van der Waals surface area contributed by atoms with Crippen molar-refractivity contribution in [1.29, 1.82) is 0 Å². The van der Waals surface area contributed by atoms with E-state index >= 15 is 0 Å². The van der Waals surface area contributed by atoms with Gasteiger partial charge in [-0.05, 0) is 117 Å². The van der Waals surface area contributed by atoms with Crippen LogP contribution >= 0.6 is 11.8 Å². The van der Waals surface area contributed by atoms with Crippen LogP contribution in [0.1, 0.15) is 163 Å². The van der Waals surface area contributed by atoms with E-state index in [1.807, 2.05) is 11.8 Å². The number of fused-ring (bicyclic) bond motifs is 6. The maximum absolute atomic E-state index is 12.9. The molecule has 6 aliphatic rings. The molecular weight excluding hydrogens is 707 g/mol. The highest BCUT2D eigenvalue weighted by atomic mass is 32.2. The van der Waals surface area contributed by atoms with Gasteiger partial charge in [0.25, 0.3) is 0 Å². The summed E-state index contributed by atoms with van der Waals surface area (Å²) in [5, 5.41) is 15.7. The average Bonchev–Trinajstić information content (AvgIpc) is 3.83. The maximum atomic E-state index is 12.9. The Morgan fingerprint density at radius 1 is 0.855 bits per heavy atom. The molecule has 310 valence electrons. The van der Waals surface area contributed by atoms with E-state index in [4.69, 9.17) is 0 Å². The third kappa shape index (κ3) is 10.3. The van der Waals surface area contributed by atoms with E-state index in [0.717, 1.165) is 86.7 Å². The number of hydrogen-bond donors (Lipinski definition) is 5. The Labute approximate surface area is 337 Å². The summed E-state index contributed by atoms with van der Waals surface area (Å²) in [5.41, 5.74) is 2.41. The summed E-state index contributed by atoms with van der Waals surface area (Å²) in [7, 11) is 0. The third-order valence-electron chi connectivity index (χ3n) is 15.6. The molecule has 0 radical (unpaired) electrons. The van der Waals surface area contributed by atoms with Gasteiger partial charge in [-0.3, -0.25) is 14.4 Å². The highest BCUT2D eigenvalue weighted by molar-refractivity contribution is 8.00. The van der Waals surface area contributed by atoms with Gasteiger partial charge in [0, 0.05) is 49.4 Å². The molecule has 11 atom stereocenters. The van der Waals surface area contributed by atoms with Crippen LogP contribution in [0.2, 0.25) is 0 Å². The molecule has 5 unspecified atom stereocenters. The van der Waals surface area contributed by atoms with Gasteiger partial charge in [0.05, 0.1) is 12.1 Å². The predicted octanol–water partition coefficient (Wildman–Crippen LogP) is 8.18. The lowest BCUT2D eigenvalue weighted by Crippen LogP contribution is -2.52. The number of nitrogens with one attached hydrogen (secondary N) is 5. The van der Waals surface area contributed by atoms with Gasteiger partial charge in [-0.15, -0.1) is 0 Å². The van der Waals surface area contributed by atoms with Crippen molar-refractivity contribution in [1.82, 2.24) is 26.6 Å². The molecule has 2 saturated heterocycles. The molecular formula is C45H75N5O4S. The third-order valence-corrected chi connectivity index (χ3v) is 17.2. The van der Waals surface area contributed by atoms with Crippen molar-refractivity contribution in [2.24, 2.45) is 40.4 Å². The molecule has 0 aromatic carbocycles. The fourth-order valence-corrected chi connectivity index (χ4v) is 14.1. The van der Waals surface area contributed by atoms with E-state index in [0.29, 0.717) is 43.0 Å². The average molecular weight is 782 g/mol. The smallest absolute Gasteiger partial charge is 0.315 e. The van der Waals surface area contributed by atoms with E-state index in [1.165, 1.54) is 64.2 Å². The summed E-state index contributed by atoms with van der Waals surface area (Å²) in [6.07, 6.45) is 24.9. The number of urea groups is 1. The molecule has 5 fully saturated rings. The Bertz CT molecular complexity index is 1370. The number of rotatable bonds is 20. The van der Waals surface area contributed by atoms with E-state index in [9.17, 15) is 19.2 Å². The van der Waals surface area contributed by atoms with Crippen LogP contribution in [0.4, 0.5) is 4.79 Å². The molecule has 2 heterocycles. The molecule has 0 spiro atoms.